The highest BCUT2D eigenvalue weighted by atomic mass is 35.5. The van der Waals surface area contributed by atoms with E-state index in [9.17, 15) is 0 Å². The fourth-order valence-corrected chi connectivity index (χ4v) is 2.25. The lowest BCUT2D eigenvalue weighted by Gasteiger charge is -2.14. The molecule has 0 radical (unpaired) electrons. The summed E-state index contributed by atoms with van der Waals surface area (Å²) in [5.74, 6) is 1.77. The van der Waals surface area contributed by atoms with Crippen LogP contribution < -0.4 is 10.1 Å². The molecule has 3 heteroatoms. The first-order valence-electron chi connectivity index (χ1n) is 6.99. The van der Waals surface area contributed by atoms with Crippen molar-refractivity contribution in [3.63, 3.8) is 0 Å². The lowest BCUT2D eigenvalue weighted by Crippen LogP contribution is -2.12. The molecule has 0 heterocycles. The number of rotatable bonds is 6. The van der Waals surface area contributed by atoms with Crippen molar-refractivity contribution in [2.75, 3.05) is 6.54 Å². The predicted octanol–water partition coefficient (Wildman–Crippen LogP) is 4.80. The van der Waals surface area contributed by atoms with Gasteiger partial charge in [-0.15, -0.1) is 0 Å². The molecule has 1 N–H and O–H groups in total. The quantitative estimate of drug-likeness (QED) is 0.824. The molecule has 0 fully saturated rings. The average Bonchev–Trinajstić information content (AvgIpc) is 2.48. The lowest BCUT2D eigenvalue weighted by atomic mass is 10.1. The molecular formula is C17H20ClNO. The average molecular weight is 290 g/mol. The Morgan fingerprint density at radius 1 is 1.00 bits per heavy atom. The SMILES string of the molecule is CCNCc1cc(Cl)ccc1Oc1ccccc1CC. The molecule has 2 aromatic rings. The minimum atomic E-state index is 0.731. The summed E-state index contributed by atoms with van der Waals surface area (Å²) in [6.07, 6.45) is 0.951. The van der Waals surface area contributed by atoms with Gasteiger partial charge in [0.2, 0.25) is 0 Å². The van der Waals surface area contributed by atoms with Crippen LogP contribution in [0.2, 0.25) is 5.02 Å². The van der Waals surface area contributed by atoms with Crippen LogP contribution in [0.15, 0.2) is 42.5 Å². The number of aryl methyl sites for hydroxylation is 1. The summed E-state index contributed by atoms with van der Waals surface area (Å²) < 4.78 is 6.08. The van der Waals surface area contributed by atoms with E-state index in [-0.39, 0.29) is 0 Å². The maximum absolute atomic E-state index is 6.08. The molecule has 0 bridgehead atoms. The molecule has 20 heavy (non-hydrogen) atoms. The van der Waals surface area contributed by atoms with Crippen LogP contribution in [0.4, 0.5) is 0 Å². The van der Waals surface area contributed by atoms with Crippen LogP contribution in [0.25, 0.3) is 0 Å². The standard InChI is InChI=1S/C17H20ClNO/c1-3-13-7-5-6-8-16(13)20-17-10-9-15(18)11-14(17)12-19-4-2/h5-11,19H,3-4,12H2,1-2H3. The van der Waals surface area contributed by atoms with Crippen LogP contribution in [0, 0.1) is 0 Å². The molecule has 0 aliphatic heterocycles. The zero-order valence-corrected chi connectivity index (χ0v) is 12.7. The third kappa shape index (κ3) is 3.75. The fraction of sp³-hybridized carbons (Fsp3) is 0.294. The van der Waals surface area contributed by atoms with Crippen LogP contribution >= 0.6 is 11.6 Å². The van der Waals surface area contributed by atoms with Crippen molar-refractivity contribution in [1.29, 1.82) is 0 Å². The number of halogens is 1. The van der Waals surface area contributed by atoms with Crippen molar-refractivity contribution in [3.8, 4) is 11.5 Å². The van der Waals surface area contributed by atoms with Gasteiger partial charge in [0.05, 0.1) is 0 Å². The van der Waals surface area contributed by atoms with Crippen molar-refractivity contribution in [3.05, 3.63) is 58.6 Å². The summed E-state index contributed by atoms with van der Waals surface area (Å²) in [6.45, 7) is 5.87. The molecule has 0 unspecified atom stereocenters. The molecular weight excluding hydrogens is 270 g/mol. The zero-order chi connectivity index (χ0) is 14.4. The summed E-state index contributed by atoms with van der Waals surface area (Å²) in [7, 11) is 0. The number of hydrogen-bond donors (Lipinski definition) is 1. The normalized spacial score (nSPS) is 10.6. The van der Waals surface area contributed by atoms with Crippen molar-refractivity contribution >= 4 is 11.6 Å². The number of para-hydroxylation sites is 1. The monoisotopic (exact) mass is 289 g/mol. The van der Waals surface area contributed by atoms with E-state index in [0.29, 0.717) is 0 Å². The Morgan fingerprint density at radius 3 is 2.50 bits per heavy atom. The van der Waals surface area contributed by atoms with Crippen molar-refractivity contribution in [2.45, 2.75) is 26.8 Å². The molecule has 0 amide bonds. The van der Waals surface area contributed by atoms with Gasteiger partial charge in [0.25, 0.3) is 0 Å². The Hall–Kier alpha value is -1.51. The van der Waals surface area contributed by atoms with Crippen molar-refractivity contribution < 1.29 is 4.74 Å². The van der Waals surface area contributed by atoms with Gasteiger partial charge >= 0.3 is 0 Å². The lowest BCUT2D eigenvalue weighted by molar-refractivity contribution is 0.468. The van der Waals surface area contributed by atoms with E-state index in [4.69, 9.17) is 16.3 Å². The molecule has 0 atom stereocenters. The Kier molecular flexibility index (Phi) is 5.45. The van der Waals surface area contributed by atoms with Crippen LogP contribution in [-0.4, -0.2) is 6.54 Å². The van der Waals surface area contributed by atoms with E-state index in [1.807, 2.05) is 36.4 Å². The molecule has 0 saturated carbocycles. The van der Waals surface area contributed by atoms with Gasteiger partial charge in [-0.1, -0.05) is 43.6 Å². The highest BCUT2D eigenvalue weighted by Gasteiger charge is 2.08. The van der Waals surface area contributed by atoms with Gasteiger partial charge in [0, 0.05) is 17.1 Å². The fourth-order valence-electron chi connectivity index (χ4n) is 2.06. The molecule has 0 spiro atoms. The van der Waals surface area contributed by atoms with Crippen LogP contribution in [0.5, 0.6) is 11.5 Å². The first-order chi connectivity index (χ1) is 9.74. The Labute approximate surface area is 125 Å². The maximum Gasteiger partial charge on any atom is 0.132 e. The first-order valence-corrected chi connectivity index (χ1v) is 7.37. The molecule has 2 rings (SSSR count). The summed E-state index contributed by atoms with van der Waals surface area (Å²) >= 11 is 6.07. The van der Waals surface area contributed by atoms with Crippen LogP contribution in [0.1, 0.15) is 25.0 Å². The summed E-state index contributed by atoms with van der Waals surface area (Å²) in [5.41, 5.74) is 2.28. The van der Waals surface area contributed by atoms with Gasteiger partial charge < -0.3 is 10.1 Å². The van der Waals surface area contributed by atoms with E-state index < -0.39 is 0 Å². The van der Waals surface area contributed by atoms with Gasteiger partial charge in [0.15, 0.2) is 0 Å². The topological polar surface area (TPSA) is 21.3 Å². The summed E-state index contributed by atoms with van der Waals surface area (Å²) in [4.78, 5) is 0. The molecule has 2 aromatic carbocycles. The molecule has 0 saturated heterocycles. The van der Waals surface area contributed by atoms with E-state index in [2.05, 4.69) is 25.2 Å². The van der Waals surface area contributed by atoms with E-state index >= 15 is 0 Å². The van der Waals surface area contributed by atoms with Gasteiger partial charge in [0.1, 0.15) is 11.5 Å². The second kappa shape index (κ2) is 7.32. The van der Waals surface area contributed by atoms with Crippen molar-refractivity contribution in [1.82, 2.24) is 5.32 Å². The summed E-state index contributed by atoms with van der Waals surface area (Å²) in [5, 5.41) is 4.04. The van der Waals surface area contributed by atoms with Gasteiger partial charge in [-0.3, -0.25) is 0 Å². The van der Waals surface area contributed by atoms with Gasteiger partial charge in [-0.05, 0) is 42.8 Å². The molecule has 2 nitrogen and oxygen atoms in total. The second-order valence-corrected chi connectivity index (χ2v) is 5.03. The first kappa shape index (κ1) is 14.9. The van der Waals surface area contributed by atoms with Crippen molar-refractivity contribution in [2.24, 2.45) is 0 Å². The van der Waals surface area contributed by atoms with E-state index in [1.165, 1.54) is 5.56 Å². The highest BCUT2D eigenvalue weighted by molar-refractivity contribution is 6.30. The second-order valence-electron chi connectivity index (χ2n) is 4.60. The van der Waals surface area contributed by atoms with E-state index in [1.54, 1.807) is 0 Å². The number of ether oxygens (including phenoxy) is 1. The van der Waals surface area contributed by atoms with Gasteiger partial charge in [-0.2, -0.15) is 0 Å². The highest BCUT2D eigenvalue weighted by Crippen LogP contribution is 2.30. The summed E-state index contributed by atoms with van der Waals surface area (Å²) in [6, 6.07) is 13.9. The Balaban J connectivity index is 2.28. The number of nitrogens with one attached hydrogen (secondary N) is 1. The number of benzene rings is 2. The zero-order valence-electron chi connectivity index (χ0n) is 11.9. The molecule has 0 aliphatic rings. The smallest absolute Gasteiger partial charge is 0.132 e. The minimum absolute atomic E-state index is 0.731. The third-order valence-electron chi connectivity index (χ3n) is 3.16. The van der Waals surface area contributed by atoms with Gasteiger partial charge in [-0.25, -0.2) is 0 Å². The third-order valence-corrected chi connectivity index (χ3v) is 3.40. The molecule has 0 aromatic heterocycles. The Bertz CT molecular complexity index is 569. The largest absolute Gasteiger partial charge is 0.457 e. The Morgan fingerprint density at radius 2 is 1.75 bits per heavy atom. The van der Waals surface area contributed by atoms with E-state index in [0.717, 1.165) is 41.6 Å². The maximum atomic E-state index is 6.08. The number of hydrogen-bond acceptors (Lipinski definition) is 2. The predicted molar refractivity (Wildman–Crippen MR) is 84.7 cm³/mol. The molecule has 0 aliphatic carbocycles. The molecule has 106 valence electrons. The van der Waals surface area contributed by atoms with Crippen LogP contribution in [0.3, 0.4) is 0 Å². The minimum Gasteiger partial charge on any atom is -0.457 e. The van der Waals surface area contributed by atoms with Crippen LogP contribution in [-0.2, 0) is 13.0 Å².